The Morgan fingerprint density at radius 3 is 2.59 bits per heavy atom. The minimum Gasteiger partial charge on any atom is -0.486 e. The maximum absolute atomic E-state index is 13.1. The molecule has 1 atom stereocenters. The summed E-state index contributed by atoms with van der Waals surface area (Å²) in [6.45, 7) is 2.36. The first-order valence-corrected chi connectivity index (χ1v) is 11.5. The second-order valence-corrected chi connectivity index (χ2v) is 9.47. The Morgan fingerprint density at radius 1 is 1.19 bits per heavy atom. The van der Waals surface area contributed by atoms with Gasteiger partial charge in [0.25, 0.3) is 15.9 Å². The molecular weight excluding hydrogens is 432 g/mol. The van der Waals surface area contributed by atoms with Crippen LogP contribution in [0.1, 0.15) is 15.9 Å². The Hall–Kier alpha value is -3.53. The van der Waals surface area contributed by atoms with Gasteiger partial charge in [0.05, 0.1) is 17.6 Å². The molecule has 1 aromatic heterocycles. The van der Waals surface area contributed by atoms with E-state index in [-0.39, 0.29) is 28.9 Å². The van der Waals surface area contributed by atoms with Crippen LogP contribution in [0.2, 0.25) is 0 Å². The van der Waals surface area contributed by atoms with E-state index >= 15 is 0 Å². The number of aryl methyl sites for hydroxylation is 2. The molecule has 0 fully saturated rings. The number of nitrogens with one attached hydrogen (secondary N) is 1. The number of amides is 1. The quantitative estimate of drug-likeness (QED) is 0.610. The van der Waals surface area contributed by atoms with Gasteiger partial charge in [-0.2, -0.15) is 5.10 Å². The lowest BCUT2D eigenvalue weighted by Gasteiger charge is -2.26. The fourth-order valence-electron chi connectivity index (χ4n) is 3.41. The van der Waals surface area contributed by atoms with Crippen LogP contribution < -0.4 is 19.1 Å². The number of anilines is 1. The molecule has 10 heteroatoms. The van der Waals surface area contributed by atoms with E-state index in [9.17, 15) is 13.2 Å². The maximum atomic E-state index is 13.1. The van der Waals surface area contributed by atoms with Gasteiger partial charge in [-0.25, -0.2) is 8.42 Å². The van der Waals surface area contributed by atoms with E-state index in [1.165, 1.54) is 30.1 Å². The van der Waals surface area contributed by atoms with E-state index in [4.69, 9.17) is 9.47 Å². The number of ether oxygens (including phenoxy) is 2. The highest BCUT2D eigenvalue weighted by atomic mass is 32.2. The van der Waals surface area contributed by atoms with Gasteiger partial charge in [-0.1, -0.05) is 29.8 Å². The van der Waals surface area contributed by atoms with Crippen LogP contribution in [0, 0.1) is 6.92 Å². The highest BCUT2D eigenvalue weighted by molar-refractivity contribution is 7.92. The van der Waals surface area contributed by atoms with Crippen LogP contribution in [0.3, 0.4) is 0 Å². The van der Waals surface area contributed by atoms with E-state index < -0.39 is 15.9 Å². The van der Waals surface area contributed by atoms with E-state index in [0.29, 0.717) is 18.1 Å². The van der Waals surface area contributed by atoms with Gasteiger partial charge < -0.3 is 14.8 Å². The smallest absolute Gasteiger partial charge is 0.265 e. The highest BCUT2D eigenvalue weighted by Crippen LogP contribution is 2.31. The van der Waals surface area contributed by atoms with Crippen LogP contribution in [0.15, 0.2) is 59.6 Å². The number of rotatable bonds is 6. The lowest BCUT2D eigenvalue weighted by molar-refractivity contribution is 0.0789. The molecule has 2 aromatic carbocycles. The van der Waals surface area contributed by atoms with Crippen molar-refractivity contribution in [2.75, 3.05) is 24.5 Å². The van der Waals surface area contributed by atoms with Crippen LogP contribution >= 0.6 is 0 Å². The number of para-hydroxylation sites is 2. The van der Waals surface area contributed by atoms with Crippen molar-refractivity contribution in [3.8, 4) is 11.5 Å². The van der Waals surface area contributed by atoms with Crippen LogP contribution in [0.25, 0.3) is 0 Å². The Labute approximate surface area is 186 Å². The summed E-state index contributed by atoms with van der Waals surface area (Å²) in [5.41, 5.74) is 1.09. The second-order valence-electron chi connectivity index (χ2n) is 7.50. The highest BCUT2D eigenvalue weighted by Gasteiger charge is 2.29. The van der Waals surface area contributed by atoms with Crippen LogP contribution in [0.4, 0.5) is 5.82 Å². The molecule has 0 aliphatic carbocycles. The van der Waals surface area contributed by atoms with Crippen molar-refractivity contribution in [1.29, 1.82) is 0 Å². The largest absolute Gasteiger partial charge is 0.486 e. The molecule has 1 amide bonds. The predicted octanol–water partition coefficient (Wildman–Crippen LogP) is 2.12. The van der Waals surface area contributed by atoms with Gasteiger partial charge in [-0.05, 0) is 31.2 Å². The van der Waals surface area contributed by atoms with Gasteiger partial charge in [-0.15, -0.1) is 0 Å². The molecule has 0 radical (unpaired) electrons. The monoisotopic (exact) mass is 456 g/mol. The van der Waals surface area contributed by atoms with Gasteiger partial charge in [0.15, 0.2) is 17.3 Å². The zero-order valence-electron chi connectivity index (χ0n) is 18.0. The molecule has 168 valence electrons. The van der Waals surface area contributed by atoms with E-state index in [1.54, 1.807) is 25.2 Å². The third kappa shape index (κ3) is 4.13. The standard InChI is InChI=1S/C22H24N4O5S/c1-15-8-10-17(11-9-15)32(28,29)26(3)22-18(13-24-25(22)2)21(27)23-12-16-14-30-19-6-4-5-7-20(19)31-16/h4-11,13,16H,12,14H2,1-3H3,(H,23,27). The molecule has 1 unspecified atom stereocenters. The average molecular weight is 457 g/mol. The summed E-state index contributed by atoms with van der Waals surface area (Å²) in [5, 5.41) is 6.89. The predicted molar refractivity (Wildman–Crippen MR) is 119 cm³/mol. The molecule has 1 aliphatic rings. The number of aromatic nitrogens is 2. The number of hydrogen-bond donors (Lipinski definition) is 1. The summed E-state index contributed by atoms with van der Waals surface area (Å²) < 4.78 is 40.2. The van der Waals surface area contributed by atoms with E-state index in [1.807, 2.05) is 25.1 Å². The summed E-state index contributed by atoms with van der Waals surface area (Å²) in [6.07, 6.45) is 0.974. The number of carbonyl (C=O) groups is 1. The molecular formula is C22H24N4O5S. The average Bonchev–Trinajstić information content (AvgIpc) is 3.18. The third-order valence-corrected chi connectivity index (χ3v) is 6.95. The van der Waals surface area contributed by atoms with Gasteiger partial charge in [0.1, 0.15) is 18.3 Å². The number of carbonyl (C=O) groups excluding carboxylic acids is 1. The first kappa shape index (κ1) is 21.7. The van der Waals surface area contributed by atoms with Crippen molar-refractivity contribution < 1.29 is 22.7 Å². The van der Waals surface area contributed by atoms with Crippen molar-refractivity contribution >= 4 is 21.7 Å². The first-order valence-electron chi connectivity index (χ1n) is 10.0. The summed E-state index contributed by atoms with van der Waals surface area (Å²) >= 11 is 0. The van der Waals surface area contributed by atoms with Crippen molar-refractivity contribution in [2.24, 2.45) is 7.05 Å². The van der Waals surface area contributed by atoms with Crippen LogP contribution in [-0.4, -0.2) is 50.4 Å². The van der Waals surface area contributed by atoms with E-state index in [2.05, 4.69) is 10.4 Å². The van der Waals surface area contributed by atoms with Gasteiger partial charge in [-0.3, -0.25) is 13.8 Å². The molecule has 9 nitrogen and oxygen atoms in total. The summed E-state index contributed by atoms with van der Waals surface area (Å²) in [6, 6.07) is 13.8. The molecule has 0 bridgehead atoms. The van der Waals surface area contributed by atoms with Gasteiger partial charge in [0, 0.05) is 14.1 Å². The van der Waals surface area contributed by atoms with Gasteiger partial charge >= 0.3 is 0 Å². The fourth-order valence-corrected chi connectivity index (χ4v) is 4.65. The van der Waals surface area contributed by atoms with Crippen LogP contribution in [-0.2, 0) is 17.1 Å². The molecule has 1 N–H and O–H groups in total. The van der Waals surface area contributed by atoms with E-state index in [0.717, 1.165) is 9.87 Å². The Bertz CT molecular complexity index is 1240. The van der Waals surface area contributed by atoms with Gasteiger partial charge in [0.2, 0.25) is 0 Å². The Kier molecular flexibility index (Phi) is 5.79. The lowest BCUT2D eigenvalue weighted by Crippen LogP contribution is -2.41. The molecule has 1 aliphatic heterocycles. The summed E-state index contributed by atoms with van der Waals surface area (Å²) in [7, 11) is -0.892. The topological polar surface area (TPSA) is 103 Å². The Morgan fingerprint density at radius 2 is 1.88 bits per heavy atom. The first-order chi connectivity index (χ1) is 15.3. The zero-order chi connectivity index (χ0) is 22.9. The number of nitrogens with zero attached hydrogens (tertiary/aromatic N) is 3. The molecule has 2 heterocycles. The minimum absolute atomic E-state index is 0.129. The van der Waals surface area contributed by atoms with Crippen molar-refractivity contribution in [2.45, 2.75) is 17.9 Å². The van der Waals surface area contributed by atoms with Crippen molar-refractivity contribution in [3.05, 3.63) is 65.9 Å². The third-order valence-electron chi connectivity index (χ3n) is 5.19. The molecule has 3 aromatic rings. The number of sulfonamides is 1. The molecule has 32 heavy (non-hydrogen) atoms. The number of fused-ring (bicyclic) bond motifs is 1. The minimum atomic E-state index is -3.88. The molecule has 0 saturated carbocycles. The SMILES string of the molecule is Cc1ccc(S(=O)(=O)N(C)c2c(C(=O)NCC3COc4ccccc4O3)cnn2C)cc1. The normalized spacial score (nSPS) is 15.3. The van der Waals surface area contributed by atoms with Crippen LogP contribution in [0.5, 0.6) is 11.5 Å². The Balaban J connectivity index is 1.50. The van der Waals surface area contributed by atoms with Crippen molar-refractivity contribution in [3.63, 3.8) is 0 Å². The second kappa shape index (κ2) is 8.54. The number of hydrogen-bond acceptors (Lipinski definition) is 6. The maximum Gasteiger partial charge on any atom is 0.265 e. The summed E-state index contributed by atoms with van der Waals surface area (Å²) in [4.78, 5) is 13.0. The fraction of sp³-hybridized carbons (Fsp3) is 0.273. The molecule has 4 rings (SSSR count). The van der Waals surface area contributed by atoms with Crippen molar-refractivity contribution in [1.82, 2.24) is 15.1 Å². The lowest BCUT2D eigenvalue weighted by atomic mass is 10.2. The summed E-state index contributed by atoms with van der Waals surface area (Å²) in [5.74, 6) is 0.979. The zero-order valence-corrected chi connectivity index (χ0v) is 18.8. The molecule has 0 saturated heterocycles. The number of benzene rings is 2. The molecule has 0 spiro atoms.